The second-order valence-corrected chi connectivity index (χ2v) is 7.31. The molecule has 4 heterocycles. The standard InChI is InChI=1S/C19H21N5/c1-3-19-7-14(19)9-24(10-19)18-16-15(8-21-17(16)22-11-23-18)13-4-5-20-12(2)6-13/h4-6,8,11,14H,3,7,9-10H2,1-2H3,(H,21,22,23). The summed E-state index contributed by atoms with van der Waals surface area (Å²) in [6.07, 6.45) is 8.25. The molecule has 0 bridgehead atoms. The van der Waals surface area contributed by atoms with Crippen molar-refractivity contribution in [3.8, 4) is 11.1 Å². The Labute approximate surface area is 141 Å². The van der Waals surface area contributed by atoms with Crippen LogP contribution in [0.1, 0.15) is 25.5 Å². The summed E-state index contributed by atoms with van der Waals surface area (Å²) in [5, 5.41) is 1.13. The van der Waals surface area contributed by atoms with Crippen LogP contribution in [0.4, 0.5) is 5.82 Å². The third kappa shape index (κ3) is 1.90. The van der Waals surface area contributed by atoms with Crippen molar-refractivity contribution in [1.29, 1.82) is 0 Å². The molecular weight excluding hydrogens is 298 g/mol. The number of nitrogens with zero attached hydrogens (tertiary/aromatic N) is 4. The van der Waals surface area contributed by atoms with Crippen LogP contribution in [0.25, 0.3) is 22.2 Å². The van der Waals surface area contributed by atoms with Gasteiger partial charge in [0, 0.05) is 36.7 Å². The molecule has 0 amide bonds. The summed E-state index contributed by atoms with van der Waals surface area (Å²) in [6, 6.07) is 4.18. The minimum Gasteiger partial charge on any atom is -0.355 e. The lowest BCUT2D eigenvalue weighted by Gasteiger charge is -2.22. The monoisotopic (exact) mass is 319 g/mol. The molecule has 0 spiro atoms. The van der Waals surface area contributed by atoms with Gasteiger partial charge >= 0.3 is 0 Å². The molecule has 0 radical (unpaired) electrons. The maximum absolute atomic E-state index is 4.67. The Morgan fingerprint density at radius 2 is 2.25 bits per heavy atom. The highest BCUT2D eigenvalue weighted by molar-refractivity contribution is 6.01. The number of anilines is 1. The number of hydrogen-bond acceptors (Lipinski definition) is 4. The van der Waals surface area contributed by atoms with Crippen LogP contribution < -0.4 is 4.90 Å². The smallest absolute Gasteiger partial charge is 0.143 e. The average Bonchev–Trinajstić information content (AvgIpc) is 2.96. The van der Waals surface area contributed by atoms with Gasteiger partial charge in [-0.25, -0.2) is 9.97 Å². The van der Waals surface area contributed by atoms with E-state index in [0.717, 1.165) is 47.1 Å². The Morgan fingerprint density at radius 3 is 3.04 bits per heavy atom. The number of rotatable bonds is 3. The van der Waals surface area contributed by atoms with Gasteiger partial charge < -0.3 is 9.88 Å². The molecule has 2 fully saturated rings. The van der Waals surface area contributed by atoms with Gasteiger partial charge in [0.15, 0.2) is 0 Å². The van der Waals surface area contributed by atoms with Crippen LogP contribution >= 0.6 is 0 Å². The van der Waals surface area contributed by atoms with E-state index < -0.39 is 0 Å². The van der Waals surface area contributed by atoms with Crippen LogP contribution in [-0.2, 0) is 0 Å². The molecule has 5 heteroatoms. The zero-order valence-corrected chi connectivity index (χ0v) is 14.1. The molecule has 1 saturated heterocycles. The van der Waals surface area contributed by atoms with Crippen molar-refractivity contribution in [2.45, 2.75) is 26.7 Å². The van der Waals surface area contributed by atoms with E-state index in [-0.39, 0.29) is 0 Å². The fraction of sp³-hybridized carbons (Fsp3) is 0.421. The summed E-state index contributed by atoms with van der Waals surface area (Å²) in [6.45, 7) is 6.59. The Balaban J connectivity index is 1.64. The summed E-state index contributed by atoms with van der Waals surface area (Å²) in [4.78, 5) is 19.2. The summed E-state index contributed by atoms with van der Waals surface area (Å²) in [7, 11) is 0. The number of H-pyrrole nitrogens is 1. The molecule has 1 N–H and O–H groups in total. The molecule has 1 saturated carbocycles. The van der Waals surface area contributed by atoms with E-state index in [4.69, 9.17) is 0 Å². The van der Waals surface area contributed by atoms with E-state index in [1.54, 1.807) is 6.33 Å². The van der Waals surface area contributed by atoms with E-state index in [1.165, 1.54) is 18.4 Å². The predicted octanol–water partition coefficient (Wildman–Crippen LogP) is 3.56. The quantitative estimate of drug-likeness (QED) is 0.802. The third-order valence-corrected chi connectivity index (χ3v) is 5.97. The van der Waals surface area contributed by atoms with Crippen molar-refractivity contribution < 1.29 is 0 Å². The Bertz CT molecular complexity index is 926. The maximum atomic E-state index is 4.67. The molecule has 3 aromatic rings. The first kappa shape index (κ1) is 14.0. The first-order valence-electron chi connectivity index (χ1n) is 8.70. The lowest BCUT2D eigenvalue weighted by molar-refractivity contribution is 0.509. The van der Waals surface area contributed by atoms with Crippen molar-refractivity contribution in [3.63, 3.8) is 0 Å². The summed E-state index contributed by atoms with van der Waals surface area (Å²) >= 11 is 0. The number of aromatic amines is 1. The van der Waals surface area contributed by atoms with E-state index in [1.807, 2.05) is 19.3 Å². The third-order valence-electron chi connectivity index (χ3n) is 5.97. The molecule has 0 aromatic carbocycles. The number of hydrogen-bond donors (Lipinski definition) is 1. The van der Waals surface area contributed by atoms with Crippen LogP contribution in [-0.4, -0.2) is 33.0 Å². The Morgan fingerprint density at radius 1 is 1.33 bits per heavy atom. The minimum absolute atomic E-state index is 0.543. The first-order chi connectivity index (χ1) is 11.7. The Kier molecular flexibility index (Phi) is 2.78. The van der Waals surface area contributed by atoms with E-state index in [9.17, 15) is 0 Å². The zero-order valence-electron chi connectivity index (χ0n) is 14.1. The van der Waals surface area contributed by atoms with Gasteiger partial charge in [-0.1, -0.05) is 6.92 Å². The molecular formula is C19H21N5. The normalized spacial score (nSPS) is 25.2. The zero-order chi connectivity index (χ0) is 16.3. The second-order valence-electron chi connectivity index (χ2n) is 7.31. The van der Waals surface area contributed by atoms with Gasteiger partial charge in [-0.05, 0) is 48.8 Å². The summed E-state index contributed by atoms with van der Waals surface area (Å²) in [5.41, 5.74) is 4.81. The van der Waals surface area contributed by atoms with Gasteiger partial charge in [-0.15, -0.1) is 0 Å². The van der Waals surface area contributed by atoms with Crippen molar-refractivity contribution in [2.75, 3.05) is 18.0 Å². The van der Waals surface area contributed by atoms with Gasteiger partial charge in [0.1, 0.15) is 17.8 Å². The number of aryl methyl sites for hydroxylation is 1. The van der Waals surface area contributed by atoms with Gasteiger partial charge in [0.2, 0.25) is 0 Å². The average molecular weight is 319 g/mol. The predicted molar refractivity (Wildman–Crippen MR) is 94.9 cm³/mol. The van der Waals surface area contributed by atoms with E-state index >= 15 is 0 Å². The molecule has 1 aliphatic carbocycles. The number of nitrogens with one attached hydrogen (secondary N) is 1. The molecule has 2 aliphatic rings. The number of aromatic nitrogens is 4. The number of pyridine rings is 1. The molecule has 5 rings (SSSR count). The fourth-order valence-electron chi connectivity index (χ4n) is 4.43. The van der Waals surface area contributed by atoms with Crippen molar-refractivity contribution in [2.24, 2.45) is 11.3 Å². The van der Waals surface area contributed by atoms with Crippen LogP contribution in [0.3, 0.4) is 0 Å². The van der Waals surface area contributed by atoms with Crippen molar-refractivity contribution in [3.05, 3.63) is 36.5 Å². The van der Waals surface area contributed by atoms with Crippen molar-refractivity contribution in [1.82, 2.24) is 19.9 Å². The second kappa shape index (κ2) is 4.79. The van der Waals surface area contributed by atoms with Gasteiger partial charge in [-0.2, -0.15) is 0 Å². The maximum Gasteiger partial charge on any atom is 0.143 e. The van der Waals surface area contributed by atoms with Crippen LogP contribution in [0.15, 0.2) is 30.9 Å². The SMILES string of the molecule is CCC12CC1CN(c1ncnc3[nH]cc(-c4ccnc(C)c4)c13)C2. The first-order valence-corrected chi connectivity index (χ1v) is 8.70. The highest BCUT2D eigenvalue weighted by atomic mass is 15.2. The highest BCUT2D eigenvalue weighted by Gasteiger charge is 2.58. The van der Waals surface area contributed by atoms with E-state index in [0.29, 0.717) is 5.41 Å². The molecule has 2 atom stereocenters. The lowest BCUT2D eigenvalue weighted by Crippen LogP contribution is -2.25. The highest BCUT2D eigenvalue weighted by Crippen LogP contribution is 2.60. The van der Waals surface area contributed by atoms with Crippen LogP contribution in [0, 0.1) is 18.3 Å². The fourth-order valence-corrected chi connectivity index (χ4v) is 4.43. The molecule has 5 nitrogen and oxygen atoms in total. The van der Waals surface area contributed by atoms with Crippen molar-refractivity contribution >= 4 is 16.9 Å². The lowest BCUT2D eigenvalue weighted by atomic mass is 10.0. The van der Waals surface area contributed by atoms with Gasteiger partial charge in [0.25, 0.3) is 0 Å². The van der Waals surface area contributed by atoms with Gasteiger partial charge in [0.05, 0.1) is 5.39 Å². The molecule has 2 unspecified atom stereocenters. The minimum atomic E-state index is 0.543. The largest absolute Gasteiger partial charge is 0.355 e. The topological polar surface area (TPSA) is 57.7 Å². The summed E-state index contributed by atoms with van der Waals surface area (Å²) in [5.74, 6) is 1.92. The Hall–Kier alpha value is -2.43. The molecule has 3 aromatic heterocycles. The molecule has 122 valence electrons. The van der Waals surface area contributed by atoms with Crippen LogP contribution in [0.2, 0.25) is 0 Å². The molecule has 24 heavy (non-hydrogen) atoms. The van der Waals surface area contributed by atoms with Gasteiger partial charge in [-0.3, -0.25) is 4.98 Å². The number of piperidine rings is 1. The van der Waals surface area contributed by atoms with E-state index in [2.05, 4.69) is 43.9 Å². The van der Waals surface area contributed by atoms with Crippen LogP contribution in [0.5, 0.6) is 0 Å². The number of fused-ring (bicyclic) bond motifs is 2. The summed E-state index contributed by atoms with van der Waals surface area (Å²) < 4.78 is 0. The molecule has 1 aliphatic heterocycles.